The highest BCUT2D eigenvalue weighted by molar-refractivity contribution is 8.19. The van der Waals surface area contributed by atoms with E-state index in [9.17, 15) is 14.4 Å². The topological polar surface area (TPSA) is 84.6 Å². The molecule has 2 aromatic carbocycles. The number of para-hydroxylation sites is 2. The van der Waals surface area contributed by atoms with Gasteiger partial charge >= 0.3 is 0 Å². The lowest BCUT2D eigenvalue weighted by Gasteiger charge is -2.17. The van der Waals surface area contributed by atoms with Crippen LogP contribution in [-0.4, -0.2) is 32.4 Å². The summed E-state index contributed by atoms with van der Waals surface area (Å²) >= 11 is 1.01. The van der Waals surface area contributed by atoms with Crippen molar-refractivity contribution in [2.24, 2.45) is 12.1 Å². The number of anilines is 1. The Morgan fingerprint density at radius 2 is 1.77 bits per heavy atom. The Morgan fingerprint density at radius 3 is 2.40 bits per heavy atom. The van der Waals surface area contributed by atoms with Gasteiger partial charge in [-0.25, -0.2) is 9.99 Å². The molecule has 7 nitrogen and oxygen atoms in total. The average molecular weight is 418 g/mol. The van der Waals surface area contributed by atoms with Gasteiger partial charge in [-0.2, -0.15) is 5.10 Å². The summed E-state index contributed by atoms with van der Waals surface area (Å²) in [6, 6.07) is 14.8. The molecule has 0 saturated carbocycles. The fourth-order valence-corrected chi connectivity index (χ4v) is 4.07. The smallest absolute Gasteiger partial charge is 0.234 e. The fraction of sp³-hybridized carbons (Fsp3) is 0.136. The van der Waals surface area contributed by atoms with Gasteiger partial charge in [0.25, 0.3) is 0 Å². The summed E-state index contributed by atoms with van der Waals surface area (Å²) in [6.07, 6.45) is 0.504. The first-order valence-electron chi connectivity index (χ1n) is 9.20. The molecule has 8 heteroatoms. The Morgan fingerprint density at radius 1 is 1.07 bits per heavy atom. The normalized spacial score (nSPS) is 15.3. The molecule has 4 rings (SSSR count). The van der Waals surface area contributed by atoms with E-state index < -0.39 is 5.78 Å². The standard InChI is InChI=1S/C22H18N4O3S/c1-13-8-10-15(11-9-13)26-22(30-21(24-26)14(2)28)16(12-27)19(29)20-23-17-6-4-5-7-18(17)25(20)3/h4-12H,1-3H3/b22-16+. The lowest BCUT2D eigenvalue weighted by Crippen LogP contribution is -2.18. The number of benzene rings is 2. The summed E-state index contributed by atoms with van der Waals surface area (Å²) in [6.45, 7) is 3.35. The van der Waals surface area contributed by atoms with Crippen LogP contribution in [0.3, 0.4) is 0 Å². The Hall–Kier alpha value is -3.52. The van der Waals surface area contributed by atoms with E-state index in [1.165, 1.54) is 11.9 Å². The third-order valence-corrected chi connectivity index (χ3v) is 5.89. The maximum absolute atomic E-state index is 13.3. The van der Waals surface area contributed by atoms with Crippen LogP contribution in [0.5, 0.6) is 0 Å². The van der Waals surface area contributed by atoms with Gasteiger partial charge in [-0.1, -0.05) is 29.8 Å². The zero-order valence-electron chi connectivity index (χ0n) is 16.6. The van der Waals surface area contributed by atoms with E-state index in [4.69, 9.17) is 0 Å². The van der Waals surface area contributed by atoms with Gasteiger partial charge in [-0.15, -0.1) is 0 Å². The van der Waals surface area contributed by atoms with E-state index in [2.05, 4.69) is 10.1 Å². The predicted molar refractivity (Wildman–Crippen MR) is 117 cm³/mol. The molecule has 0 spiro atoms. The number of hydrazone groups is 1. The van der Waals surface area contributed by atoms with Gasteiger partial charge in [-0.3, -0.25) is 14.4 Å². The molecule has 2 heterocycles. The van der Waals surface area contributed by atoms with Crippen molar-refractivity contribution in [1.82, 2.24) is 9.55 Å². The van der Waals surface area contributed by atoms with Crippen molar-refractivity contribution in [3.63, 3.8) is 0 Å². The minimum Gasteiger partial charge on any atom is -0.324 e. The van der Waals surface area contributed by atoms with Crippen LogP contribution in [0.15, 0.2) is 64.2 Å². The van der Waals surface area contributed by atoms with Crippen molar-refractivity contribution >= 4 is 51.4 Å². The van der Waals surface area contributed by atoms with E-state index in [1.54, 1.807) is 17.7 Å². The number of imidazole rings is 1. The Balaban J connectivity index is 1.85. The zero-order valence-corrected chi connectivity index (χ0v) is 17.4. The van der Waals surface area contributed by atoms with Crippen LogP contribution in [0.1, 0.15) is 23.1 Å². The van der Waals surface area contributed by atoms with Gasteiger partial charge in [0.05, 0.1) is 22.3 Å². The number of aldehydes is 1. The molecule has 0 atom stereocenters. The molecule has 30 heavy (non-hydrogen) atoms. The molecule has 1 aliphatic heterocycles. The first-order chi connectivity index (χ1) is 14.4. The SMILES string of the molecule is CC(=O)C1=NN(c2ccc(C)cc2)/C(=C(/C=O)C(=O)c2nc3ccccc3n2C)S1. The number of nitrogens with zero attached hydrogens (tertiary/aromatic N) is 4. The Kier molecular flexibility index (Phi) is 5.09. The lowest BCUT2D eigenvalue weighted by atomic mass is 10.2. The van der Waals surface area contributed by atoms with Crippen molar-refractivity contribution < 1.29 is 14.4 Å². The number of aromatic nitrogens is 2. The van der Waals surface area contributed by atoms with Crippen LogP contribution in [0.4, 0.5) is 5.69 Å². The molecule has 150 valence electrons. The molecule has 0 saturated heterocycles. The largest absolute Gasteiger partial charge is 0.324 e. The number of ketones is 2. The minimum atomic E-state index is -0.525. The molecular formula is C22H18N4O3S. The Bertz CT molecular complexity index is 1260. The molecule has 0 amide bonds. The highest BCUT2D eigenvalue weighted by atomic mass is 32.2. The van der Waals surface area contributed by atoms with E-state index in [0.717, 1.165) is 22.8 Å². The average Bonchev–Trinajstić information content (AvgIpc) is 3.32. The number of aryl methyl sites for hydroxylation is 2. The molecule has 1 aliphatic rings. The van der Waals surface area contributed by atoms with Gasteiger partial charge in [0.1, 0.15) is 5.03 Å². The maximum Gasteiger partial charge on any atom is 0.234 e. The number of allylic oxidation sites excluding steroid dienone is 1. The first kappa shape index (κ1) is 19.8. The number of hydrogen-bond donors (Lipinski definition) is 0. The predicted octanol–water partition coefficient (Wildman–Crippen LogP) is 3.63. The van der Waals surface area contributed by atoms with Gasteiger partial charge in [0, 0.05) is 14.0 Å². The summed E-state index contributed by atoms with van der Waals surface area (Å²) in [5.41, 5.74) is 3.05. The molecule has 0 aliphatic carbocycles. The van der Waals surface area contributed by atoms with Crippen LogP contribution < -0.4 is 5.01 Å². The summed E-state index contributed by atoms with van der Waals surface area (Å²) in [4.78, 5) is 41.7. The van der Waals surface area contributed by atoms with E-state index in [1.807, 2.05) is 49.4 Å². The molecule has 1 aromatic heterocycles. The number of carbonyl (C=O) groups excluding carboxylic acids is 3. The van der Waals surface area contributed by atoms with Crippen LogP contribution in [0, 0.1) is 6.92 Å². The monoisotopic (exact) mass is 418 g/mol. The number of carbonyl (C=O) groups is 3. The second-order valence-corrected chi connectivity index (χ2v) is 7.84. The second kappa shape index (κ2) is 7.72. The fourth-order valence-electron chi connectivity index (χ4n) is 3.13. The molecule has 0 bridgehead atoms. The van der Waals surface area contributed by atoms with Gasteiger partial charge in [0.2, 0.25) is 5.78 Å². The van der Waals surface area contributed by atoms with Crippen LogP contribution in [0.2, 0.25) is 0 Å². The second-order valence-electron chi connectivity index (χ2n) is 6.86. The number of Topliss-reactive ketones (excluding diaryl/α,β-unsaturated/α-hetero) is 2. The van der Waals surface area contributed by atoms with Crippen molar-refractivity contribution in [3.8, 4) is 0 Å². The van der Waals surface area contributed by atoms with Crippen LogP contribution in [-0.2, 0) is 16.6 Å². The quantitative estimate of drug-likeness (QED) is 0.207. The molecule has 0 fully saturated rings. The van der Waals surface area contributed by atoms with Crippen LogP contribution in [0.25, 0.3) is 11.0 Å². The number of thioether (sulfide) groups is 1. The van der Waals surface area contributed by atoms with E-state index >= 15 is 0 Å². The van der Waals surface area contributed by atoms with Gasteiger partial charge in [-0.05, 0) is 43.0 Å². The number of fused-ring (bicyclic) bond motifs is 1. The van der Waals surface area contributed by atoms with Crippen molar-refractivity contribution in [2.45, 2.75) is 13.8 Å². The third-order valence-electron chi connectivity index (χ3n) is 4.74. The maximum atomic E-state index is 13.3. The number of rotatable bonds is 5. The van der Waals surface area contributed by atoms with Crippen molar-refractivity contribution in [1.29, 1.82) is 0 Å². The van der Waals surface area contributed by atoms with E-state index in [0.29, 0.717) is 17.5 Å². The molecule has 3 aromatic rings. The highest BCUT2D eigenvalue weighted by Crippen LogP contribution is 2.37. The first-order valence-corrected chi connectivity index (χ1v) is 10.0. The van der Waals surface area contributed by atoms with Crippen molar-refractivity contribution in [3.05, 3.63) is 70.5 Å². The summed E-state index contributed by atoms with van der Waals surface area (Å²) < 4.78 is 1.66. The molecule has 0 N–H and O–H groups in total. The molecule has 0 radical (unpaired) electrons. The van der Waals surface area contributed by atoms with Crippen LogP contribution >= 0.6 is 11.8 Å². The molecular weight excluding hydrogens is 400 g/mol. The lowest BCUT2D eigenvalue weighted by molar-refractivity contribution is -0.110. The highest BCUT2D eigenvalue weighted by Gasteiger charge is 2.32. The summed E-state index contributed by atoms with van der Waals surface area (Å²) in [7, 11) is 1.73. The third kappa shape index (κ3) is 3.35. The summed E-state index contributed by atoms with van der Waals surface area (Å²) in [5, 5.41) is 6.31. The van der Waals surface area contributed by atoms with Gasteiger partial charge in [0.15, 0.2) is 22.9 Å². The summed E-state index contributed by atoms with van der Waals surface area (Å²) in [5.74, 6) is -0.623. The Labute approximate surface area is 177 Å². The van der Waals surface area contributed by atoms with Gasteiger partial charge < -0.3 is 4.57 Å². The van der Waals surface area contributed by atoms with Crippen molar-refractivity contribution in [2.75, 3.05) is 5.01 Å². The zero-order chi connectivity index (χ0) is 21.4. The van der Waals surface area contributed by atoms with E-state index in [-0.39, 0.29) is 27.3 Å². The molecule has 0 unspecified atom stereocenters. The number of hydrogen-bond acceptors (Lipinski definition) is 7. The minimum absolute atomic E-state index is 0.0982.